The molecule has 2 rings (SSSR count). The predicted octanol–water partition coefficient (Wildman–Crippen LogP) is 1.56. The van der Waals surface area contributed by atoms with Crippen molar-refractivity contribution in [3.05, 3.63) is 30.0 Å². The summed E-state index contributed by atoms with van der Waals surface area (Å²) >= 11 is 1.29. The molecule has 0 aromatic carbocycles. The quantitative estimate of drug-likeness (QED) is 0.743. The number of rotatable bonds is 7. The third-order valence-corrected chi connectivity index (χ3v) is 3.72. The molecule has 2 heterocycles. The van der Waals surface area contributed by atoms with E-state index in [-0.39, 0.29) is 30.0 Å². The van der Waals surface area contributed by atoms with Crippen LogP contribution in [0.2, 0.25) is 0 Å². The first-order valence-corrected chi connectivity index (χ1v) is 7.57. The molecule has 9 heteroatoms. The van der Waals surface area contributed by atoms with Crippen molar-refractivity contribution in [3.63, 3.8) is 0 Å². The van der Waals surface area contributed by atoms with E-state index in [1.54, 1.807) is 6.33 Å². The normalized spacial score (nSPS) is 10.9. The molecular formula is C13H16N4O4S. The Hall–Kier alpha value is -2.29. The highest BCUT2D eigenvalue weighted by molar-refractivity contribution is 7.99. The van der Waals surface area contributed by atoms with Crippen LogP contribution in [0.5, 0.6) is 0 Å². The van der Waals surface area contributed by atoms with Gasteiger partial charge in [-0.15, -0.1) is 10.2 Å². The third kappa shape index (κ3) is 4.10. The molecule has 0 aliphatic rings. The van der Waals surface area contributed by atoms with Crippen LogP contribution in [-0.2, 0) is 11.3 Å². The number of hydrogen-bond donors (Lipinski definition) is 2. The second-order valence-electron chi connectivity index (χ2n) is 4.75. The Morgan fingerprint density at radius 2 is 2.23 bits per heavy atom. The van der Waals surface area contributed by atoms with Gasteiger partial charge in [-0.2, -0.15) is 0 Å². The molecule has 0 aliphatic carbocycles. The van der Waals surface area contributed by atoms with E-state index < -0.39 is 5.97 Å². The lowest BCUT2D eigenvalue weighted by Gasteiger charge is -2.09. The van der Waals surface area contributed by atoms with Gasteiger partial charge in [0.25, 0.3) is 0 Å². The van der Waals surface area contributed by atoms with Gasteiger partial charge in [0.05, 0.1) is 12.3 Å². The minimum absolute atomic E-state index is 0.142. The molecule has 2 aromatic heterocycles. The van der Waals surface area contributed by atoms with Crippen LogP contribution in [0.25, 0.3) is 0 Å². The lowest BCUT2D eigenvalue weighted by Crippen LogP contribution is -2.24. The van der Waals surface area contributed by atoms with Crippen molar-refractivity contribution in [1.29, 1.82) is 0 Å². The van der Waals surface area contributed by atoms with Crippen LogP contribution in [-0.4, -0.2) is 37.5 Å². The van der Waals surface area contributed by atoms with Crippen molar-refractivity contribution in [3.8, 4) is 0 Å². The highest BCUT2D eigenvalue weighted by Crippen LogP contribution is 2.18. The number of aromatic carboxylic acids is 1. The maximum atomic E-state index is 11.8. The summed E-state index contributed by atoms with van der Waals surface area (Å²) in [5.41, 5.74) is 0. The highest BCUT2D eigenvalue weighted by atomic mass is 32.2. The van der Waals surface area contributed by atoms with E-state index in [0.717, 1.165) is 0 Å². The SMILES string of the molecule is CC(C)n1cnnc1SCC(=O)NCc1ccc(C(=O)O)o1. The summed E-state index contributed by atoms with van der Waals surface area (Å²) in [6, 6.07) is 3.09. The summed E-state index contributed by atoms with van der Waals surface area (Å²) in [6.07, 6.45) is 1.63. The number of carbonyl (C=O) groups is 2. The number of thioether (sulfide) groups is 1. The monoisotopic (exact) mass is 324 g/mol. The van der Waals surface area contributed by atoms with Gasteiger partial charge in [0.15, 0.2) is 5.16 Å². The first-order chi connectivity index (χ1) is 10.5. The van der Waals surface area contributed by atoms with Gasteiger partial charge in [-0.3, -0.25) is 4.79 Å². The zero-order valence-corrected chi connectivity index (χ0v) is 13.0. The molecule has 8 nitrogen and oxygen atoms in total. The van der Waals surface area contributed by atoms with Gasteiger partial charge in [0, 0.05) is 6.04 Å². The van der Waals surface area contributed by atoms with E-state index >= 15 is 0 Å². The number of carboxylic acid groups (broad SMARTS) is 1. The van der Waals surface area contributed by atoms with Crippen LogP contribution >= 0.6 is 11.8 Å². The molecule has 22 heavy (non-hydrogen) atoms. The lowest BCUT2D eigenvalue weighted by molar-refractivity contribution is -0.118. The van der Waals surface area contributed by atoms with Crippen molar-refractivity contribution < 1.29 is 19.1 Å². The molecule has 2 aromatic rings. The van der Waals surface area contributed by atoms with E-state index in [1.165, 1.54) is 23.9 Å². The molecular weight excluding hydrogens is 308 g/mol. The summed E-state index contributed by atoms with van der Waals surface area (Å²) in [4.78, 5) is 22.5. The molecule has 0 saturated heterocycles. The second kappa shape index (κ2) is 7.12. The molecule has 0 saturated carbocycles. The average molecular weight is 324 g/mol. The largest absolute Gasteiger partial charge is 0.475 e. The molecule has 0 radical (unpaired) electrons. The fraction of sp³-hybridized carbons (Fsp3) is 0.385. The van der Waals surface area contributed by atoms with Gasteiger partial charge in [-0.05, 0) is 26.0 Å². The summed E-state index contributed by atoms with van der Waals surface area (Å²) in [6.45, 7) is 4.15. The fourth-order valence-electron chi connectivity index (χ4n) is 1.64. The number of nitrogens with one attached hydrogen (secondary N) is 1. The number of nitrogens with zero attached hydrogens (tertiary/aromatic N) is 3. The van der Waals surface area contributed by atoms with Crippen molar-refractivity contribution in [2.24, 2.45) is 0 Å². The first-order valence-electron chi connectivity index (χ1n) is 6.58. The summed E-state index contributed by atoms with van der Waals surface area (Å²) in [5, 5.41) is 19.9. The number of hydrogen-bond acceptors (Lipinski definition) is 6. The number of carbonyl (C=O) groups excluding carboxylic acids is 1. The van der Waals surface area contributed by atoms with Crippen molar-refractivity contribution in [2.75, 3.05) is 5.75 Å². The zero-order chi connectivity index (χ0) is 16.1. The Morgan fingerprint density at radius 1 is 1.45 bits per heavy atom. The number of aromatic nitrogens is 3. The van der Waals surface area contributed by atoms with Gasteiger partial charge in [0.1, 0.15) is 12.1 Å². The maximum Gasteiger partial charge on any atom is 0.371 e. The molecule has 0 unspecified atom stereocenters. The smallest absolute Gasteiger partial charge is 0.371 e. The Balaban J connectivity index is 1.80. The molecule has 0 spiro atoms. The van der Waals surface area contributed by atoms with E-state index in [1.807, 2.05) is 18.4 Å². The predicted molar refractivity (Wildman–Crippen MR) is 78.6 cm³/mol. The van der Waals surface area contributed by atoms with Crippen LogP contribution in [0.3, 0.4) is 0 Å². The highest BCUT2D eigenvalue weighted by Gasteiger charge is 2.12. The van der Waals surface area contributed by atoms with Crippen molar-refractivity contribution in [1.82, 2.24) is 20.1 Å². The Morgan fingerprint density at radius 3 is 2.86 bits per heavy atom. The van der Waals surface area contributed by atoms with E-state index in [2.05, 4.69) is 15.5 Å². The summed E-state index contributed by atoms with van der Waals surface area (Å²) < 4.78 is 6.93. The Bertz CT molecular complexity index is 665. The number of amides is 1. The van der Waals surface area contributed by atoms with Gasteiger partial charge < -0.3 is 19.4 Å². The zero-order valence-electron chi connectivity index (χ0n) is 12.1. The van der Waals surface area contributed by atoms with Gasteiger partial charge in [0.2, 0.25) is 11.7 Å². The second-order valence-corrected chi connectivity index (χ2v) is 5.69. The van der Waals surface area contributed by atoms with E-state index in [9.17, 15) is 9.59 Å². The summed E-state index contributed by atoms with van der Waals surface area (Å²) in [7, 11) is 0. The minimum atomic E-state index is -1.14. The van der Waals surface area contributed by atoms with Crippen molar-refractivity contribution >= 4 is 23.6 Å². The van der Waals surface area contributed by atoms with Gasteiger partial charge >= 0.3 is 5.97 Å². The Labute approximate surface area is 130 Å². The van der Waals surface area contributed by atoms with Gasteiger partial charge in [-0.25, -0.2) is 4.79 Å². The molecule has 0 atom stereocenters. The van der Waals surface area contributed by atoms with Crippen LogP contribution in [0, 0.1) is 0 Å². The lowest BCUT2D eigenvalue weighted by atomic mass is 10.4. The topological polar surface area (TPSA) is 110 Å². The van der Waals surface area contributed by atoms with Crippen LogP contribution in [0.4, 0.5) is 0 Å². The fourth-order valence-corrected chi connectivity index (χ4v) is 2.52. The standard InChI is InChI=1S/C13H16N4O4S/c1-8(2)17-7-15-16-13(17)22-6-11(18)14-5-9-3-4-10(21-9)12(19)20/h3-4,7-8H,5-6H2,1-2H3,(H,14,18)(H,19,20). The van der Waals surface area contributed by atoms with E-state index in [0.29, 0.717) is 10.9 Å². The average Bonchev–Trinajstić information content (AvgIpc) is 3.11. The molecule has 0 fully saturated rings. The van der Waals surface area contributed by atoms with E-state index in [4.69, 9.17) is 9.52 Å². The van der Waals surface area contributed by atoms with Crippen molar-refractivity contribution in [2.45, 2.75) is 31.6 Å². The molecule has 118 valence electrons. The molecule has 0 aliphatic heterocycles. The van der Waals surface area contributed by atoms with Gasteiger partial charge in [-0.1, -0.05) is 11.8 Å². The number of carboxylic acids is 1. The Kier molecular flexibility index (Phi) is 5.21. The maximum absolute atomic E-state index is 11.8. The minimum Gasteiger partial charge on any atom is -0.475 e. The third-order valence-electron chi connectivity index (χ3n) is 2.76. The summed E-state index contributed by atoms with van der Waals surface area (Å²) in [5.74, 6) is -0.903. The molecule has 2 N–H and O–H groups in total. The number of furan rings is 1. The molecule has 1 amide bonds. The van der Waals surface area contributed by atoms with Crippen LogP contribution in [0.15, 0.2) is 28.0 Å². The van der Waals surface area contributed by atoms with Crippen LogP contribution in [0.1, 0.15) is 36.2 Å². The first kappa shape index (κ1) is 16.1. The molecule has 0 bridgehead atoms. The van der Waals surface area contributed by atoms with Crippen LogP contribution < -0.4 is 5.32 Å².